The number of nitrogens with zero attached hydrogens (tertiary/aromatic N) is 2. The first-order valence-corrected chi connectivity index (χ1v) is 9.79. The zero-order chi connectivity index (χ0) is 20.8. The molecule has 0 saturated carbocycles. The van der Waals surface area contributed by atoms with E-state index in [9.17, 15) is 14.0 Å². The van der Waals surface area contributed by atoms with E-state index in [2.05, 4.69) is 15.6 Å². The molecule has 0 spiro atoms. The smallest absolute Gasteiger partial charge is 0.321 e. The van der Waals surface area contributed by atoms with Gasteiger partial charge in [-0.25, -0.2) is 14.2 Å². The number of aryl methyl sites for hydroxylation is 1. The van der Waals surface area contributed by atoms with E-state index in [1.54, 1.807) is 71.9 Å². The number of hydrogen-bond acceptors (Lipinski definition) is 4. The number of anilines is 1. The number of benzene rings is 2. The van der Waals surface area contributed by atoms with Gasteiger partial charge >= 0.3 is 6.03 Å². The Hall–Kier alpha value is -3.26. The zero-order valence-electron chi connectivity index (χ0n) is 16.1. The highest BCUT2D eigenvalue weighted by Crippen LogP contribution is 2.15. The summed E-state index contributed by atoms with van der Waals surface area (Å²) in [5, 5.41) is 6.43. The fraction of sp³-hybridized carbons (Fsp3) is 0.190. The van der Waals surface area contributed by atoms with Crippen LogP contribution in [0.5, 0.6) is 0 Å². The molecule has 2 N–H and O–H groups in total. The highest BCUT2D eigenvalue weighted by atomic mass is 32.1. The minimum atomic E-state index is -0.358. The number of urea groups is 1. The lowest BCUT2D eigenvalue weighted by Gasteiger charge is -2.17. The SMILES string of the molecule is Cc1ncc(CN(C)C(=O)Nc2ccc(C(=O)NCc3ccccc3F)cc2)s1. The summed E-state index contributed by atoms with van der Waals surface area (Å²) >= 11 is 1.55. The van der Waals surface area contributed by atoms with E-state index in [4.69, 9.17) is 0 Å². The maximum absolute atomic E-state index is 13.6. The van der Waals surface area contributed by atoms with Gasteiger partial charge in [0.1, 0.15) is 5.82 Å². The van der Waals surface area contributed by atoms with E-state index >= 15 is 0 Å². The lowest BCUT2D eigenvalue weighted by molar-refractivity contribution is 0.0950. The largest absolute Gasteiger partial charge is 0.348 e. The summed E-state index contributed by atoms with van der Waals surface area (Å²) in [4.78, 5) is 31.3. The number of thiazole rings is 1. The molecular formula is C21H21FN4O2S. The molecule has 1 aromatic heterocycles. The molecule has 150 valence electrons. The van der Waals surface area contributed by atoms with E-state index in [1.165, 1.54) is 6.07 Å². The normalized spacial score (nSPS) is 10.4. The van der Waals surface area contributed by atoms with Gasteiger partial charge in [0.15, 0.2) is 0 Å². The third-order valence-corrected chi connectivity index (χ3v) is 5.10. The highest BCUT2D eigenvalue weighted by Gasteiger charge is 2.12. The fourth-order valence-electron chi connectivity index (χ4n) is 2.63. The van der Waals surface area contributed by atoms with E-state index in [1.807, 2.05) is 6.92 Å². The first-order valence-electron chi connectivity index (χ1n) is 8.97. The van der Waals surface area contributed by atoms with Gasteiger partial charge in [0.2, 0.25) is 0 Å². The molecular weight excluding hydrogens is 391 g/mol. The second kappa shape index (κ2) is 9.29. The van der Waals surface area contributed by atoms with Crippen LogP contribution in [0.4, 0.5) is 14.9 Å². The van der Waals surface area contributed by atoms with E-state index in [0.29, 0.717) is 23.4 Å². The third kappa shape index (κ3) is 5.61. The van der Waals surface area contributed by atoms with Crippen molar-refractivity contribution >= 4 is 29.0 Å². The predicted octanol–water partition coefficient (Wildman–Crippen LogP) is 4.18. The van der Waals surface area contributed by atoms with Gasteiger partial charge in [-0.1, -0.05) is 18.2 Å². The molecule has 0 fully saturated rings. The van der Waals surface area contributed by atoms with Crippen LogP contribution in [0.15, 0.2) is 54.7 Å². The van der Waals surface area contributed by atoms with Crippen LogP contribution in [-0.2, 0) is 13.1 Å². The number of aromatic nitrogens is 1. The van der Waals surface area contributed by atoms with Crippen LogP contribution in [0.25, 0.3) is 0 Å². The number of rotatable bonds is 6. The van der Waals surface area contributed by atoms with Crippen molar-refractivity contribution in [3.05, 3.63) is 81.6 Å². The van der Waals surface area contributed by atoms with E-state index in [0.717, 1.165) is 9.88 Å². The van der Waals surface area contributed by atoms with Gasteiger partial charge < -0.3 is 15.5 Å². The van der Waals surface area contributed by atoms with Gasteiger partial charge in [-0.15, -0.1) is 11.3 Å². The van der Waals surface area contributed by atoms with Crippen molar-refractivity contribution in [2.75, 3.05) is 12.4 Å². The van der Waals surface area contributed by atoms with Crippen molar-refractivity contribution in [1.29, 1.82) is 0 Å². The molecule has 2 aromatic carbocycles. The minimum Gasteiger partial charge on any atom is -0.348 e. The second-order valence-corrected chi connectivity index (χ2v) is 7.80. The maximum Gasteiger partial charge on any atom is 0.321 e. The minimum absolute atomic E-state index is 0.103. The van der Waals surface area contributed by atoms with Crippen molar-refractivity contribution in [1.82, 2.24) is 15.2 Å². The topological polar surface area (TPSA) is 74.3 Å². The number of carbonyl (C=O) groups excluding carboxylic acids is 2. The van der Waals surface area contributed by atoms with Gasteiger partial charge in [-0.3, -0.25) is 4.79 Å². The van der Waals surface area contributed by atoms with Crippen LogP contribution >= 0.6 is 11.3 Å². The average Bonchev–Trinajstić information content (AvgIpc) is 3.12. The van der Waals surface area contributed by atoms with Crippen molar-refractivity contribution in [2.24, 2.45) is 0 Å². The first kappa shape index (κ1) is 20.5. The summed E-state index contributed by atoms with van der Waals surface area (Å²) in [5.74, 6) is -0.674. The molecule has 0 saturated heterocycles. The molecule has 0 aliphatic carbocycles. The molecule has 3 aromatic rings. The van der Waals surface area contributed by atoms with Gasteiger partial charge in [-0.05, 0) is 37.3 Å². The lowest BCUT2D eigenvalue weighted by atomic mass is 10.1. The van der Waals surface area contributed by atoms with Crippen LogP contribution in [0.1, 0.15) is 25.8 Å². The Bertz CT molecular complexity index is 1000. The van der Waals surface area contributed by atoms with Gasteiger partial charge in [-0.2, -0.15) is 0 Å². The average molecular weight is 412 g/mol. The molecule has 8 heteroatoms. The molecule has 6 nitrogen and oxygen atoms in total. The summed E-state index contributed by atoms with van der Waals surface area (Å²) < 4.78 is 13.6. The molecule has 0 aliphatic rings. The Morgan fingerprint density at radius 2 is 1.86 bits per heavy atom. The zero-order valence-corrected chi connectivity index (χ0v) is 16.9. The van der Waals surface area contributed by atoms with Crippen molar-refractivity contribution in [2.45, 2.75) is 20.0 Å². The van der Waals surface area contributed by atoms with Crippen LogP contribution in [0.2, 0.25) is 0 Å². The van der Waals surface area contributed by atoms with Crippen molar-refractivity contribution in [3.8, 4) is 0 Å². The number of hydrogen-bond donors (Lipinski definition) is 2. The number of amides is 3. The molecule has 0 bridgehead atoms. The van der Waals surface area contributed by atoms with Crippen LogP contribution < -0.4 is 10.6 Å². The molecule has 1 heterocycles. The van der Waals surface area contributed by atoms with Crippen molar-refractivity contribution in [3.63, 3.8) is 0 Å². The summed E-state index contributed by atoms with van der Waals surface area (Å²) in [5.41, 5.74) is 1.42. The van der Waals surface area contributed by atoms with Crippen LogP contribution in [0, 0.1) is 12.7 Å². The Kier molecular flexibility index (Phi) is 6.56. The first-order chi connectivity index (χ1) is 13.9. The van der Waals surface area contributed by atoms with Crippen molar-refractivity contribution < 1.29 is 14.0 Å². The van der Waals surface area contributed by atoms with Crippen LogP contribution in [0.3, 0.4) is 0 Å². The molecule has 3 amide bonds. The summed E-state index contributed by atoms with van der Waals surface area (Å²) in [6.45, 7) is 2.49. The summed E-state index contributed by atoms with van der Waals surface area (Å²) in [6, 6.07) is 12.6. The van der Waals surface area contributed by atoms with Crippen LogP contribution in [-0.4, -0.2) is 28.9 Å². The molecule has 0 unspecified atom stereocenters. The van der Waals surface area contributed by atoms with E-state index in [-0.39, 0.29) is 24.3 Å². The number of nitrogens with one attached hydrogen (secondary N) is 2. The predicted molar refractivity (Wildman–Crippen MR) is 111 cm³/mol. The summed E-state index contributed by atoms with van der Waals surface area (Å²) in [6.07, 6.45) is 1.76. The lowest BCUT2D eigenvalue weighted by Crippen LogP contribution is -2.30. The Morgan fingerprint density at radius 1 is 1.14 bits per heavy atom. The second-order valence-electron chi connectivity index (χ2n) is 6.48. The highest BCUT2D eigenvalue weighted by molar-refractivity contribution is 7.11. The summed E-state index contributed by atoms with van der Waals surface area (Å²) in [7, 11) is 1.70. The number of carbonyl (C=O) groups is 2. The Morgan fingerprint density at radius 3 is 2.52 bits per heavy atom. The maximum atomic E-state index is 13.6. The molecule has 0 radical (unpaired) electrons. The Labute approximate surface area is 172 Å². The molecule has 29 heavy (non-hydrogen) atoms. The Balaban J connectivity index is 1.53. The van der Waals surface area contributed by atoms with E-state index < -0.39 is 0 Å². The van der Waals surface area contributed by atoms with Gasteiger partial charge in [0.05, 0.1) is 11.6 Å². The quantitative estimate of drug-likeness (QED) is 0.638. The number of halogens is 1. The van der Waals surface area contributed by atoms with Gasteiger partial charge in [0, 0.05) is 41.5 Å². The third-order valence-electron chi connectivity index (χ3n) is 4.20. The molecule has 0 atom stereocenters. The standard InChI is InChI=1S/C21H21FN4O2S/c1-14-23-12-18(29-14)13-26(2)21(28)25-17-9-7-15(8-10-17)20(27)24-11-16-5-3-4-6-19(16)22/h3-10,12H,11,13H2,1-2H3,(H,24,27)(H,25,28). The van der Waals surface area contributed by atoms with Gasteiger partial charge in [0.25, 0.3) is 5.91 Å². The monoisotopic (exact) mass is 412 g/mol. The molecule has 3 rings (SSSR count). The molecule has 0 aliphatic heterocycles. The fourth-order valence-corrected chi connectivity index (χ4v) is 3.48.